The second kappa shape index (κ2) is 7.95. The summed E-state index contributed by atoms with van der Waals surface area (Å²) in [5.74, 6) is -0.437. The monoisotopic (exact) mass is 350 g/mol. The SMILES string of the molecule is CN(Cc1ccc(-c2ccccc2)cc1)C(=O)CCN1C(=O)CCC1=O. The molecule has 0 atom stereocenters. The van der Waals surface area contributed by atoms with E-state index in [1.54, 1.807) is 11.9 Å². The Balaban J connectivity index is 1.54. The molecule has 0 saturated carbocycles. The third-order valence-corrected chi connectivity index (χ3v) is 4.61. The van der Waals surface area contributed by atoms with Gasteiger partial charge in [-0.25, -0.2) is 0 Å². The Morgan fingerprint density at radius 2 is 1.50 bits per heavy atom. The molecule has 2 aromatic carbocycles. The average molecular weight is 350 g/mol. The number of hydrogen-bond donors (Lipinski definition) is 0. The van der Waals surface area contributed by atoms with Gasteiger partial charge < -0.3 is 4.90 Å². The van der Waals surface area contributed by atoms with Crippen LogP contribution in [0, 0.1) is 0 Å². The van der Waals surface area contributed by atoms with Crippen LogP contribution in [0.2, 0.25) is 0 Å². The Hall–Kier alpha value is -2.95. The number of hydrogen-bond acceptors (Lipinski definition) is 3. The number of benzene rings is 2. The van der Waals surface area contributed by atoms with Gasteiger partial charge in [-0.15, -0.1) is 0 Å². The summed E-state index contributed by atoms with van der Waals surface area (Å²) in [6, 6.07) is 18.2. The van der Waals surface area contributed by atoms with Crippen molar-refractivity contribution in [1.29, 1.82) is 0 Å². The molecule has 5 nitrogen and oxygen atoms in total. The lowest BCUT2D eigenvalue weighted by Gasteiger charge is -2.19. The first-order chi connectivity index (χ1) is 12.5. The molecular formula is C21H22N2O3. The fraction of sp³-hybridized carbons (Fsp3) is 0.286. The van der Waals surface area contributed by atoms with Crippen LogP contribution in [0.25, 0.3) is 11.1 Å². The van der Waals surface area contributed by atoms with Crippen LogP contribution in [-0.4, -0.2) is 41.1 Å². The molecule has 1 aliphatic rings. The van der Waals surface area contributed by atoms with Crippen LogP contribution in [0.3, 0.4) is 0 Å². The fourth-order valence-electron chi connectivity index (χ4n) is 3.07. The van der Waals surface area contributed by atoms with Crippen molar-refractivity contribution in [3.05, 3.63) is 60.2 Å². The number of nitrogens with zero attached hydrogens (tertiary/aromatic N) is 2. The first-order valence-electron chi connectivity index (χ1n) is 8.76. The van der Waals surface area contributed by atoms with Crippen molar-refractivity contribution in [1.82, 2.24) is 9.80 Å². The molecule has 0 aliphatic carbocycles. The van der Waals surface area contributed by atoms with Crippen LogP contribution in [0.15, 0.2) is 54.6 Å². The summed E-state index contributed by atoms with van der Waals surface area (Å²) in [6.07, 6.45) is 0.684. The maximum Gasteiger partial charge on any atom is 0.229 e. The average Bonchev–Trinajstić information content (AvgIpc) is 2.99. The maximum absolute atomic E-state index is 12.3. The van der Waals surface area contributed by atoms with Crippen LogP contribution in [0.5, 0.6) is 0 Å². The van der Waals surface area contributed by atoms with Crippen molar-refractivity contribution in [3.8, 4) is 11.1 Å². The maximum atomic E-state index is 12.3. The number of carbonyl (C=O) groups is 3. The standard InChI is InChI=1S/C21H22N2O3/c1-22(19(24)13-14-23-20(25)11-12-21(23)26)15-16-7-9-18(10-8-16)17-5-3-2-4-6-17/h2-10H,11-15H2,1H3. The second-order valence-corrected chi connectivity index (χ2v) is 6.50. The summed E-state index contributed by atoms with van der Waals surface area (Å²) in [6.45, 7) is 0.670. The number of likely N-dealkylation sites (tertiary alicyclic amines) is 1. The van der Waals surface area contributed by atoms with Crippen LogP contribution in [0.1, 0.15) is 24.8 Å². The van der Waals surface area contributed by atoms with Crippen LogP contribution in [0.4, 0.5) is 0 Å². The van der Waals surface area contributed by atoms with Crippen LogP contribution >= 0.6 is 0 Å². The zero-order chi connectivity index (χ0) is 18.5. The molecule has 1 fully saturated rings. The molecule has 0 aromatic heterocycles. The molecule has 3 amide bonds. The number of carbonyl (C=O) groups excluding carboxylic acids is 3. The Bertz CT molecular complexity index is 784. The Morgan fingerprint density at radius 1 is 0.923 bits per heavy atom. The number of amides is 3. The molecule has 1 aliphatic heterocycles. The predicted octanol–water partition coefficient (Wildman–Crippen LogP) is 2.85. The molecule has 3 rings (SSSR count). The van der Waals surface area contributed by atoms with Gasteiger partial charge in [0.25, 0.3) is 0 Å². The minimum absolute atomic E-state index is 0.0790. The molecular weight excluding hydrogens is 328 g/mol. The minimum Gasteiger partial charge on any atom is -0.341 e. The van der Waals surface area contributed by atoms with E-state index in [0.717, 1.165) is 16.7 Å². The van der Waals surface area contributed by atoms with Gasteiger partial charge >= 0.3 is 0 Å². The lowest BCUT2D eigenvalue weighted by atomic mass is 10.0. The minimum atomic E-state index is -0.179. The first kappa shape index (κ1) is 17.9. The Morgan fingerprint density at radius 3 is 2.12 bits per heavy atom. The van der Waals surface area contributed by atoms with Gasteiger partial charge in [-0.2, -0.15) is 0 Å². The van der Waals surface area contributed by atoms with Crippen molar-refractivity contribution in [3.63, 3.8) is 0 Å². The topological polar surface area (TPSA) is 57.7 Å². The van der Waals surface area contributed by atoms with Gasteiger partial charge in [0.1, 0.15) is 0 Å². The first-order valence-corrected chi connectivity index (χ1v) is 8.76. The molecule has 2 aromatic rings. The Kier molecular flexibility index (Phi) is 5.46. The molecule has 0 unspecified atom stereocenters. The van der Waals surface area contributed by atoms with Crippen LogP contribution < -0.4 is 0 Å². The van der Waals surface area contributed by atoms with E-state index in [4.69, 9.17) is 0 Å². The zero-order valence-electron chi connectivity index (χ0n) is 14.9. The summed E-state index contributed by atoms with van der Waals surface area (Å²) in [7, 11) is 1.74. The lowest BCUT2D eigenvalue weighted by Crippen LogP contribution is -2.34. The van der Waals surface area contributed by atoms with E-state index in [0.29, 0.717) is 6.54 Å². The zero-order valence-corrected chi connectivity index (χ0v) is 14.9. The summed E-state index contributed by atoms with van der Waals surface area (Å²) < 4.78 is 0. The van der Waals surface area contributed by atoms with Gasteiger partial charge in [0.05, 0.1) is 0 Å². The fourth-order valence-corrected chi connectivity index (χ4v) is 3.07. The summed E-state index contributed by atoms with van der Waals surface area (Å²) in [4.78, 5) is 38.3. The van der Waals surface area contributed by atoms with Crippen molar-refractivity contribution >= 4 is 17.7 Å². The number of rotatable bonds is 6. The van der Waals surface area contributed by atoms with Gasteiger partial charge in [-0.3, -0.25) is 19.3 Å². The molecule has 0 radical (unpaired) electrons. The van der Waals surface area contributed by atoms with Crippen molar-refractivity contribution in [2.45, 2.75) is 25.8 Å². The largest absolute Gasteiger partial charge is 0.341 e. The lowest BCUT2D eigenvalue weighted by molar-refractivity contribution is -0.139. The van der Waals surface area contributed by atoms with Gasteiger partial charge in [-0.05, 0) is 16.7 Å². The molecule has 5 heteroatoms. The highest BCUT2D eigenvalue weighted by molar-refractivity contribution is 6.02. The normalized spacial score (nSPS) is 14.0. The van der Waals surface area contributed by atoms with Crippen molar-refractivity contribution in [2.75, 3.05) is 13.6 Å². The third kappa shape index (κ3) is 4.17. The van der Waals surface area contributed by atoms with E-state index in [1.807, 2.05) is 42.5 Å². The molecule has 26 heavy (non-hydrogen) atoms. The molecule has 0 bridgehead atoms. The smallest absolute Gasteiger partial charge is 0.229 e. The highest BCUT2D eigenvalue weighted by Gasteiger charge is 2.29. The van der Waals surface area contributed by atoms with Crippen molar-refractivity contribution in [2.24, 2.45) is 0 Å². The van der Waals surface area contributed by atoms with Crippen LogP contribution in [-0.2, 0) is 20.9 Å². The second-order valence-electron chi connectivity index (χ2n) is 6.50. The third-order valence-electron chi connectivity index (χ3n) is 4.61. The summed E-state index contributed by atoms with van der Waals surface area (Å²) >= 11 is 0. The van der Waals surface area contributed by atoms with Gasteiger partial charge in [0.2, 0.25) is 17.7 Å². The summed E-state index contributed by atoms with van der Waals surface area (Å²) in [5.41, 5.74) is 3.33. The van der Waals surface area contributed by atoms with Crippen molar-refractivity contribution < 1.29 is 14.4 Å². The van der Waals surface area contributed by atoms with Gasteiger partial charge in [0, 0.05) is 39.4 Å². The van der Waals surface area contributed by atoms with Gasteiger partial charge in [0.15, 0.2) is 0 Å². The van der Waals surface area contributed by atoms with E-state index < -0.39 is 0 Å². The molecule has 0 N–H and O–H groups in total. The van der Waals surface area contributed by atoms with E-state index in [-0.39, 0.29) is 43.5 Å². The van der Waals surface area contributed by atoms with Gasteiger partial charge in [-0.1, -0.05) is 54.6 Å². The van der Waals surface area contributed by atoms with E-state index in [1.165, 1.54) is 4.90 Å². The van der Waals surface area contributed by atoms with E-state index in [9.17, 15) is 14.4 Å². The quantitative estimate of drug-likeness (QED) is 0.753. The predicted molar refractivity (Wildman–Crippen MR) is 98.9 cm³/mol. The molecule has 0 spiro atoms. The summed E-state index contributed by atoms with van der Waals surface area (Å²) in [5, 5.41) is 0. The van der Waals surface area contributed by atoms with E-state index >= 15 is 0 Å². The van der Waals surface area contributed by atoms with E-state index in [2.05, 4.69) is 12.1 Å². The Labute approximate surface area is 153 Å². The molecule has 134 valence electrons. The highest BCUT2D eigenvalue weighted by Crippen LogP contribution is 2.20. The number of imide groups is 1. The molecule has 1 saturated heterocycles. The highest BCUT2D eigenvalue weighted by atomic mass is 16.2. The molecule has 1 heterocycles.